The number of hydrogen-bond acceptors (Lipinski definition) is 4. The highest BCUT2D eigenvalue weighted by Crippen LogP contribution is 2.15. The largest absolute Gasteiger partial charge is 0.377 e. The minimum Gasteiger partial charge on any atom is -0.377 e. The van der Waals surface area contributed by atoms with Crippen molar-refractivity contribution in [2.24, 2.45) is 0 Å². The van der Waals surface area contributed by atoms with E-state index in [0.717, 1.165) is 12.8 Å². The van der Waals surface area contributed by atoms with Crippen molar-refractivity contribution < 1.29 is 22.3 Å². The maximum Gasteiger partial charge on any atom is 0.162 e. The van der Waals surface area contributed by atoms with Crippen LogP contribution in [0.3, 0.4) is 0 Å². The zero-order valence-corrected chi connectivity index (χ0v) is 12.6. The van der Waals surface area contributed by atoms with Crippen molar-refractivity contribution in [2.75, 3.05) is 18.1 Å². The summed E-state index contributed by atoms with van der Waals surface area (Å²) in [7, 11) is -3.19. The van der Waals surface area contributed by atoms with Gasteiger partial charge in [0.1, 0.15) is 5.82 Å². The molecule has 2 rings (SSSR count). The van der Waals surface area contributed by atoms with E-state index in [4.69, 9.17) is 4.74 Å². The Kier molecular flexibility index (Phi) is 5.47. The maximum atomic E-state index is 12.7. The van der Waals surface area contributed by atoms with E-state index in [9.17, 15) is 17.6 Å². The molecule has 21 heavy (non-hydrogen) atoms. The predicted molar refractivity (Wildman–Crippen MR) is 77.6 cm³/mol. The van der Waals surface area contributed by atoms with Crippen LogP contribution in [0.25, 0.3) is 0 Å². The van der Waals surface area contributed by atoms with Crippen LogP contribution >= 0.6 is 0 Å². The second kappa shape index (κ2) is 7.13. The van der Waals surface area contributed by atoms with Gasteiger partial charge in [-0.1, -0.05) is 0 Å². The first-order valence-electron chi connectivity index (χ1n) is 7.07. The second-order valence-corrected chi connectivity index (χ2v) is 7.51. The van der Waals surface area contributed by atoms with Gasteiger partial charge in [-0.05, 0) is 43.5 Å². The molecule has 0 aliphatic carbocycles. The van der Waals surface area contributed by atoms with Gasteiger partial charge in [0.05, 0.1) is 17.6 Å². The molecule has 1 fully saturated rings. The molecule has 4 nitrogen and oxygen atoms in total. The Balaban J connectivity index is 1.77. The molecule has 1 aliphatic rings. The van der Waals surface area contributed by atoms with Gasteiger partial charge in [0, 0.05) is 18.6 Å². The normalized spacial score (nSPS) is 18.8. The van der Waals surface area contributed by atoms with Crippen molar-refractivity contribution in [3.05, 3.63) is 35.6 Å². The molecule has 0 aromatic heterocycles. The van der Waals surface area contributed by atoms with E-state index >= 15 is 0 Å². The topological polar surface area (TPSA) is 60.4 Å². The molecule has 116 valence electrons. The molecule has 0 radical (unpaired) electrons. The summed E-state index contributed by atoms with van der Waals surface area (Å²) in [6.07, 6.45) is 1.93. The van der Waals surface area contributed by atoms with Crippen LogP contribution < -0.4 is 0 Å². The Labute approximate surface area is 124 Å². The summed E-state index contributed by atoms with van der Waals surface area (Å²) in [5, 5.41) is 0. The summed E-state index contributed by atoms with van der Waals surface area (Å²) in [6.45, 7) is 0.628. The Morgan fingerprint density at radius 3 is 2.62 bits per heavy atom. The van der Waals surface area contributed by atoms with Crippen LogP contribution in [-0.2, 0) is 14.6 Å². The van der Waals surface area contributed by atoms with Crippen LogP contribution in [0.4, 0.5) is 4.39 Å². The van der Waals surface area contributed by atoms with Crippen LogP contribution in [-0.4, -0.2) is 38.4 Å². The lowest BCUT2D eigenvalue weighted by Crippen LogP contribution is -2.22. The second-order valence-electron chi connectivity index (χ2n) is 5.28. The van der Waals surface area contributed by atoms with E-state index < -0.39 is 15.7 Å². The Bertz CT molecular complexity index is 574. The number of benzene rings is 1. The SMILES string of the molecule is O=C(CCCS(=O)(=O)CC1CCCO1)c1ccc(F)cc1. The molecule has 1 atom stereocenters. The number of hydrogen-bond donors (Lipinski definition) is 0. The Morgan fingerprint density at radius 2 is 2.00 bits per heavy atom. The van der Waals surface area contributed by atoms with Gasteiger partial charge >= 0.3 is 0 Å². The summed E-state index contributed by atoms with van der Waals surface area (Å²) >= 11 is 0. The quantitative estimate of drug-likeness (QED) is 0.725. The smallest absolute Gasteiger partial charge is 0.162 e. The summed E-state index contributed by atoms with van der Waals surface area (Å²) < 4.78 is 41.9. The predicted octanol–water partition coefficient (Wildman–Crippen LogP) is 2.38. The number of halogens is 1. The lowest BCUT2D eigenvalue weighted by molar-refractivity contribution is 0.0982. The highest BCUT2D eigenvalue weighted by molar-refractivity contribution is 7.91. The fraction of sp³-hybridized carbons (Fsp3) is 0.533. The number of carbonyl (C=O) groups excluding carboxylic acids is 1. The van der Waals surface area contributed by atoms with Gasteiger partial charge in [-0.15, -0.1) is 0 Å². The van der Waals surface area contributed by atoms with Crippen molar-refractivity contribution in [1.29, 1.82) is 0 Å². The van der Waals surface area contributed by atoms with Gasteiger partial charge in [0.2, 0.25) is 0 Å². The molecule has 0 saturated carbocycles. The van der Waals surface area contributed by atoms with Crippen molar-refractivity contribution in [2.45, 2.75) is 31.8 Å². The lowest BCUT2D eigenvalue weighted by Gasteiger charge is -2.09. The first-order valence-corrected chi connectivity index (χ1v) is 8.89. The first-order chi connectivity index (χ1) is 9.96. The van der Waals surface area contributed by atoms with Gasteiger partial charge in [0.25, 0.3) is 0 Å². The van der Waals surface area contributed by atoms with E-state index in [1.807, 2.05) is 0 Å². The van der Waals surface area contributed by atoms with E-state index in [-0.39, 0.29) is 36.2 Å². The van der Waals surface area contributed by atoms with Gasteiger partial charge < -0.3 is 4.74 Å². The fourth-order valence-electron chi connectivity index (χ4n) is 2.38. The van der Waals surface area contributed by atoms with Crippen LogP contribution in [0.2, 0.25) is 0 Å². The summed E-state index contributed by atoms with van der Waals surface area (Å²) in [5.74, 6) is -0.537. The zero-order valence-electron chi connectivity index (χ0n) is 11.8. The van der Waals surface area contributed by atoms with E-state index in [2.05, 4.69) is 0 Å². The third-order valence-electron chi connectivity index (χ3n) is 3.49. The van der Waals surface area contributed by atoms with Gasteiger partial charge in [-0.3, -0.25) is 4.79 Å². The number of rotatable bonds is 7. The summed E-state index contributed by atoms with van der Waals surface area (Å²) in [6, 6.07) is 5.28. The average molecular weight is 314 g/mol. The minimum absolute atomic E-state index is 0.0141. The maximum absolute atomic E-state index is 12.7. The van der Waals surface area contributed by atoms with E-state index in [0.29, 0.717) is 12.2 Å². The zero-order chi connectivity index (χ0) is 15.3. The standard InChI is InChI=1S/C15H19FO4S/c16-13-7-5-12(6-8-13)15(17)4-2-10-21(18,19)11-14-3-1-9-20-14/h5-8,14H,1-4,9-11H2. The molecule has 1 aromatic carbocycles. The van der Waals surface area contributed by atoms with Crippen LogP contribution in [0.15, 0.2) is 24.3 Å². The van der Waals surface area contributed by atoms with Crippen LogP contribution in [0.5, 0.6) is 0 Å². The van der Waals surface area contributed by atoms with Gasteiger partial charge in [0.15, 0.2) is 15.6 Å². The molecule has 1 unspecified atom stereocenters. The molecule has 1 aromatic rings. The molecule has 1 heterocycles. The van der Waals surface area contributed by atoms with E-state index in [1.54, 1.807) is 0 Å². The number of ether oxygens (including phenoxy) is 1. The molecular formula is C15H19FO4S. The molecule has 1 aliphatic heterocycles. The number of ketones is 1. The van der Waals surface area contributed by atoms with Gasteiger partial charge in [-0.25, -0.2) is 12.8 Å². The Hall–Kier alpha value is -1.27. The average Bonchev–Trinajstić information content (AvgIpc) is 2.91. The summed E-state index contributed by atoms with van der Waals surface area (Å²) in [5.41, 5.74) is 0.410. The number of Topliss-reactive ketones (excluding diaryl/α,β-unsaturated/α-hetero) is 1. The van der Waals surface area contributed by atoms with Crippen LogP contribution in [0, 0.1) is 5.82 Å². The van der Waals surface area contributed by atoms with Crippen molar-refractivity contribution >= 4 is 15.6 Å². The minimum atomic E-state index is -3.19. The van der Waals surface area contributed by atoms with Crippen LogP contribution in [0.1, 0.15) is 36.0 Å². The molecule has 0 bridgehead atoms. The van der Waals surface area contributed by atoms with E-state index in [1.165, 1.54) is 24.3 Å². The lowest BCUT2D eigenvalue weighted by atomic mass is 10.1. The molecule has 0 spiro atoms. The first kappa shape index (κ1) is 16.1. The number of carbonyl (C=O) groups is 1. The third kappa shape index (κ3) is 5.21. The molecule has 0 N–H and O–H groups in total. The van der Waals surface area contributed by atoms with Crippen molar-refractivity contribution in [3.63, 3.8) is 0 Å². The fourth-order valence-corrected chi connectivity index (χ4v) is 3.96. The molecule has 6 heteroatoms. The molecule has 0 amide bonds. The summed E-state index contributed by atoms with van der Waals surface area (Å²) in [4.78, 5) is 11.8. The van der Waals surface area contributed by atoms with Crippen molar-refractivity contribution in [1.82, 2.24) is 0 Å². The Morgan fingerprint density at radius 1 is 1.29 bits per heavy atom. The molecular weight excluding hydrogens is 295 g/mol. The number of sulfone groups is 1. The third-order valence-corrected chi connectivity index (χ3v) is 5.28. The highest BCUT2D eigenvalue weighted by Gasteiger charge is 2.23. The monoisotopic (exact) mass is 314 g/mol. The van der Waals surface area contributed by atoms with Crippen molar-refractivity contribution in [3.8, 4) is 0 Å². The molecule has 1 saturated heterocycles. The highest BCUT2D eigenvalue weighted by atomic mass is 32.2. The van der Waals surface area contributed by atoms with Gasteiger partial charge in [-0.2, -0.15) is 0 Å².